The van der Waals surface area contributed by atoms with Gasteiger partial charge in [0, 0.05) is 6.54 Å². The van der Waals surface area contributed by atoms with Crippen LogP contribution in [0.4, 0.5) is 10.5 Å². The van der Waals surface area contributed by atoms with Crippen molar-refractivity contribution >= 4 is 21.8 Å². The predicted octanol–water partition coefficient (Wildman–Crippen LogP) is 1.63. The molecular weight excluding hydrogens is 280 g/mol. The molecule has 1 aromatic carbocycles. The van der Waals surface area contributed by atoms with Crippen LogP contribution in [0.15, 0.2) is 23.1 Å². The highest BCUT2D eigenvalue weighted by Gasteiger charge is 2.29. The second kappa shape index (κ2) is 4.75. The first-order valence-corrected chi connectivity index (χ1v) is 7.79. The molecule has 2 rings (SSSR count). The molecule has 0 bridgehead atoms. The Bertz CT molecular complexity index is 647. The molecule has 1 aliphatic heterocycles. The van der Waals surface area contributed by atoms with Crippen molar-refractivity contribution in [1.29, 1.82) is 0 Å². The monoisotopic (exact) mass is 298 g/mol. The molecule has 0 aromatic heterocycles. The smallest absolute Gasteiger partial charge is 0.414 e. The van der Waals surface area contributed by atoms with Crippen molar-refractivity contribution < 1.29 is 17.9 Å². The van der Waals surface area contributed by atoms with Crippen LogP contribution < -0.4 is 10.0 Å². The fraction of sp³-hybridized carbons (Fsp3) is 0.462. The number of sulfonamides is 1. The van der Waals surface area contributed by atoms with E-state index >= 15 is 0 Å². The lowest BCUT2D eigenvalue weighted by molar-refractivity contribution is 0.0584. The van der Waals surface area contributed by atoms with Crippen LogP contribution in [0.25, 0.3) is 0 Å². The summed E-state index contributed by atoms with van der Waals surface area (Å²) >= 11 is 0. The van der Waals surface area contributed by atoms with E-state index in [1.807, 2.05) is 0 Å². The zero-order valence-corrected chi connectivity index (χ0v) is 12.5. The quantitative estimate of drug-likeness (QED) is 0.853. The van der Waals surface area contributed by atoms with E-state index in [9.17, 15) is 13.2 Å². The van der Waals surface area contributed by atoms with Gasteiger partial charge < -0.3 is 4.74 Å². The highest BCUT2D eigenvalue weighted by atomic mass is 32.2. The number of benzene rings is 1. The van der Waals surface area contributed by atoms with Gasteiger partial charge in [0.1, 0.15) is 5.60 Å². The second-order valence-electron chi connectivity index (χ2n) is 5.72. The molecule has 0 unspecified atom stereocenters. The summed E-state index contributed by atoms with van der Waals surface area (Å²) in [5.41, 5.74) is 0.884. The number of hydrogen-bond donors (Lipinski definition) is 1. The van der Waals surface area contributed by atoms with Crippen molar-refractivity contribution in [2.24, 2.45) is 5.14 Å². The summed E-state index contributed by atoms with van der Waals surface area (Å²) in [4.78, 5) is 13.6. The van der Waals surface area contributed by atoms with E-state index in [0.717, 1.165) is 5.56 Å². The average Bonchev–Trinajstić information content (AvgIpc) is 2.67. The third kappa shape index (κ3) is 3.10. The number of carbonyl (C=O) groups excluding carboxylic acids is 1. The van der Waals surface area contributed by atoms with Crippen molar-refractivity contribution in [3.63, 3.8) is 0 Å². The molecular formula is C13H18N2O4S. The van der Waals surface area contributed by atoms with Crippen molar-refractivity contribution in [1.82, 2.24) is 0 Å². The van der Waals surface area contributed by atoms with Gasteiger partial charge in [0.15, 0.2) is 0 Å². The maximum atomic E-state index is 12.1. The Morgan fingerprint density at radius 1 is 1.35 bits per heavy atom. The topological polar surface area (TPSA) is 89.7 Å². The first-order valence-electron chi connectivity index (χ1n) is 6.24. The summed E-state index contributed by atoms with van der Waals surface area (Å²) in [6.45, 7) is 5.86. The third-order valence-corrected chi connectivity index (χ3v) is 3.80. The van der Waals surface area contributed by atoms with Crippen LogP contribution in [0.1, 0.15) is 26.3 Å². The lowest BCUT2D eigenvalue weighted by Gasteiger charge is -2.24. The molecule has 7 heteroatoms. The van der Waals surface area contributed by atoms with Gasteiger partial charge in [-0.3, -0.25) is 4.90 Å². The van der Waals surface area contributed by atoms with Crippen molar-refractivity contribution in [3.05, 3.63) is 23.8 Å². The van der Waals surface area contributed by atoms with Gasteiger partial charge >= 0.3 is 6.09 Å². The lowest BCUT2D eigenvalue weighted by atomic mass is 10.2. The van der Waals surface area contributed by atoms with E-state index in [1.54, 1.807) is 26.8 Å². The van der Waals surface area contributed by atoms with E-state index in [0.29, 0.717) is 18.7 Å². The molecule has 6 nitrogen and oxygen atoms in total. The summed E-state index contributed by atoms with van der Waals surface area (Å²) in [7, 11) is -3.73. The van der Waals surface area contributed by atoms with Gasteiger partial charge in [-0.2, -0.15) is 0 Å². The number of amides is 1. The van der Waals surface area contributed by atoms with Crippen LogP contribution in [0.5, 0.6) is 0 Å². The van der Waals surface area contributed by atoms with E-state index in [4.69, 9.17) is 9.88 Å². The summed E-state index contributed by atoms with van der Waals surface area (Å²) in [5, 5.41) is 5.10. The second-order valence-corrected chi connectivity index (χ2v) is 7.28. The van der Waals surface area contributed by atoms with Crippen LogP contribution >= 0.6 is 0 Å². The number of fused-ring (bicyclic) bond motifs is 1. The first kappa shape index (κ1) is 14.8. The van der Waals surface area contributed by atoms with Gasteiger partial charge in [-0.25, -0.2) is 18.4 Å². The number of primary sulfonamides is 1. The minimum atomic E-state index is -3.73. The number of ether oxygens (including phenoxy) is 1. The summed E-state index contributed by atoms with van der Waals surface area (Å²) in [6.07, 6.45) is 0.150. The van der Waals surface area contributed by atoms with E-state index in [2.05, 4.69) is 0 Å². The van der Waals surface area contributed by atoms with Crippen LogP contribution in [-0.2, 0) is 21.2 Å². The number of nitrogens with two attached hydrogens (primary N) is 1. The molecule has 0 radical (unpaired) electrons. The number of anilines is 1. The maximum Gasteiger partial charge on any atom is 0.414 e. The molecule has 0 saturated carbocycles. The zero-order valence-electron chi connectivity index (χ0n) is 11.7. The Morgan fingerprint density at radius 2 is 2.00 bits per heavy atom. The molecule has 0 atom stereocenters. The molecule has 1 amide bonds. The van der Waals surface area contributed by atoms with Gasteiger partial charge in [-0.05, 0) is 51.0 Å². The van der Waals surface area contributed by atoms with Crippen LogP contribution in [0, 0.1) is 0 Å². The largest absolute Gasteiger partial charge is 0.443 e. The van der Waals surface area contributed by atoms with Crippen LogP contribution in [0.3, 0.4) is 0 Å². The fourth-order valence-corrected chi connectivity index (χ4v) is 2.63. The highest BCUT2D eigenvalue weighted by molar-refractivity contribution is 7.89. The Hall–Kier alpha value is -1.60. The van der Waals surface area contributed by atoms with Crippen LogP contribution in [-0.4, -0.2) is 26.7 Å². The molecule has 1 aromatic rings. The zero-order chi connectivity index (χ0) is 15.1. The predicted molar refractivity (Wildman–Crippen MR) is 75.1 cm³/mol. The molecule has 0 fully saturated rings. The minimum absolute atomic E-state index is 0.0577. The van der Waals surface area contributed by atoms with Gasteiger partial charge in [0.2, 0.25) is 10.0 Å². The summed E-state index contributed by atoms with van der Waals surface area (Å²) < 4.78 is 27.9. The number of nitrogens with zero attached hydrogens (tertiary/aromatic N) is 1. The highest BCUT2D eigenvalue weighted by Crippen LogP contribution is 2.31. The van der Waals surface area contributed by atoms with Crippen molar-refractivity contribution in [2.45, 2.75) is 37.7 Å². The Balaban J connectivity index is 2.29. The van der Waals surface area contributed by atoms with E-state index in [-0.39, 0.29) is 4.90 Å². The Morgan fingerprint density at radius 3 is 2.55 bits per heavy atom. The molecule has 110 valence electrons. The number of carbonyl (C=O) groups is 1. The molecule has 0 saturated heterocycles. The standard InChI is InChI=1S/C13H18N2O4S/c1-13(2,3)19-12(16)15-7-6-9-8-10(20(14,17)18)4-5-11(9)15/h4-5,8H,6-7H2,1-3H3,(H2,14,17,18). The molecule has 20 heavy (non-hydrogen) atoms. The third-order valence-electron chi connectivity index (χ3n) is 2.89. The fourth-order valence-electron chi connectivity index (χ4n) is 2.06. The molecule has 2 N–H and O–H groups in total. The van der Waals surface area contributed by atoms with Crippen molar-refractivity contribution in [2.75, 3.05) is 11.4 Å². The van der Waals surface area contributed by atoms with Crippen molar-refractivity contribution in [3.8, 4) is 0 Å². The normalized spacial score (nSPS) is 15.1. The lowest BCUT2D eigenvalue weighted by Crippen LogP contribution is -2.35. The number of hydrogen-bond acceptors (Lipinski definition) is 4. The summed E-state index contributed by atoms with van der Waals surface area (Å²) in [5.74, 6) is 0. The van der Waals surface area contributed by atoms with E-state index in [1.165, 1.54) is 17.0 Å². The Kier molecular flexibility index (Phi) is 3.51. The van der Waals surface area contributed by atoms with Gasteiger partial charge in [-0.1, -0.05) is 0 Å². The van der Waals surface area contributed by atoms with Gasteiger partial charge in [-0.15, -0.1) is 0 Å². The SMILES string of the molecule is CC(C)(C)OC(=O)N1CCc2cc(S(N)(=O)=O)ccc21. The average molecular weight is 298 g/mol. The molecule has 1 heterocycles. The maximum absolute atomic E-state index is 12.1. The molecule has 0 spiro atoms. The minimum Gasteiger partial charge on any atom is -0.443 e. The Labute approximate surface area is 118 Å². The van der Waals surface area contributed by atoms with E-state index < -0.39 is 21.7 Å². The van der Waals surface area contributed by atoms with Crippen LogP contribution in [0.2, 0.25) is 0 Å². The molecule has 1 aliphatic rings. The van der Waals surface area contributed by atoms with Gasteiger partial charge in [0.05, 0.1) is 10.6 Å². The molecule has 0 aliphatic carbocycles. The van der Waals surface area contributed by atoms with Gasteiger partial charge in [0.25, 0.3) is 0 Å². The first-order chi connectivity index (χ1) is 9.08. The number of rotatable bonds is 1. The summed E-state index contributed by atoms with van der Waals surface area (Å²) in [6, 6.07) is 4.50.